The molecule has 0 atom stereocenters. The normalized spacial score (nSPS) is 11.3. The van der Waals surface area contributed by atoms with Crippen LogP contribution in [0.25, 0.3) is 10.9 Å². The average Bonchev–Trinajstić information content (AvgIpc) is 3.20. The van der Waals surface area contributed by atoms with Crippen molar-refractivity contribution in [3.05, 3.63) is 48.2 Å². The summed E-state index contributed by atoms with van der Waals surface area (Å²) in [5.41, 5.74) is 0.694. The van der Waals surface area contributed by atoms with Crippen molar-refractivity contribution in [3.8, 4) is 0 Å². The second-order valence-electron chi connectivity index (χ2n) is 6.30. The first-order valence-corrected chi connectivity index (χ1v) is 9.39. The molecule has 2 heterocycles. The zero-order valence-corrected chi connectivity index (χ0v) is 15.8. The van der Waals surface area contributed by atoms with Gasteiger partial charge in [-0.2, -0.15) is 4.98 Å². The predicted molar refractivity (Wildman–Crippen MR) is 106 cm³/mol. The van der Waals surface area contributed by atoms with Gasteiger partial charge in [-0.15, -0.1) is 0 Å². The third-order valence-corrected chi connectivity index (χ3v) is 4.50. The van der Waals surface area contributed by atoms with Crippen LogP contribution >= 0.6 is 0 Å². The van der Waals surface area contributed by atoms with Crippen LogP contribution < -0.4 is 10.6 Å². The predicted octanol–water partition coefficient (Wildman–Crippen LogP) is 4.12. The monoisotopic (exact) mass is 371 g/mol. The van der Waals surface area contributed by atoms with Crippen LogP contribution in [0.2, 0.25) is 0 Å². The fourth-order valence-electron chi connectivity index (χ4n) is 2.94. The van der Waals surface area contributed by atoms with E-state index < -0.39 is 0 Å². The molecule has 0 aliphatic heterocycles. The molecule has 0 unspecified atom stereocenters. The Bertz CT molecular complexity index is 849. The molecule has 144 valence electrons. The molecule has 0 spiro atoms. The van der Waals surface area contributed by atoms with Crippen molar-refractivity contribution in [1.82, 2.24) is 14.9 Å². The number of anilines is 2. The smallest absolute Gasteiger partial charge is 0.225 e. The molecule has 3 aromatic rings. The number of rotatable bonds is 10. The van der Waals surface area contributed by atoms with Gasteiger partial charge in [0.1, 0.15) is 17.4 Å². The molecule has 0 aliphatic rings. The number of halogens is 1. The van der Waals surface area contributed by atoms with Crippen LogP contribution in [0.4, 0.5) is 16.2 Å². The van der Waals surface area contributed by atoms with Gasteiger partial charge in [0.25, 0.3) is 0 Å². The Morgan fingerprint density at radius 2 is 1.96 bits per heavy atom. The summed E-state index contributed by atoms with van der Waals surface area (Å²) in [5.74, 6) is 1.59. The van der Waals surface area contributed by atoms with Gasteiger partial charge in [-0.05, 0) is 56.4 Å². The van der Waals surface area contributed by atoms with Crippen molar-refractivity contribution in [3.63, 3.8) is 0 Å². The minimum Gasteiger partial charge on any atom is -0.467 e. The number of hydrogen-bond donors (Lipinski definition) is 2. The van der Waals surface area contributed by atoms with Crippen molar-refractivity contribution < 1.29 is 8.81 Å². The fraction of sp³-hybridized carbons (Fsp3) is 0.400. The first-order chi connectivity index (χ1) is 13.2. The molecule has 0 saturated heterocycles. The van der Waals surface area contributed by atoms with E-state index in [9.17, 15) is 4.39 Å². The minimum absolute atomic E-state index is 0.313. The van der Waals surface area contributed by atoms with E-state index in [-0.39, 0.29) is 5.82 Å². The highest BCUT2D eigenvalue weighted by atomic mass is 19.1. The Kier molecular flexibility index (Phi) is 6.59. The first-order valence-electron chi connectivity index (χ1n) is 9.39. The van der Waals surface area contributed by atoms with Gasteiger partial charge in [0, 0.05) is 11.9 Å². The van der Waals surface area contributed by atoms with Crippen LogP contribution in [0.3, 0.4) is 0 Å². The molecule has 1 aromatic carbocycles. The van der Waals surface area contributed by atoms with Gasteiger partial charge in [-0.1, -0.05) is 13.8 Å². The Hall–Kier alpha value is -2.67. The average molecular weight is 371 g/mol. The molecule has 0 bridgehead atoms. The van der Waals surface area contributed by atoms with Gasteiger partial charge < -0.3 is 20.0 Å². The van der Waals surface area contributed by atoms with Gasteiger partial charge in [-0.25, -0.2) is 9.37 Å². The molecule has 0 saturated carbocycles. The van der Waals surface area contributed by atoms with Crippen LogP contribution in [0.1, 0.15) is 26.0 Å². The number of benzene rings is 1. The first kappa shape index (κ1) is 19.1. The van der Waals surface area contributed by atoms with Crippen LogP contribution in [0.15, 0.2) is 41.0 Å². The van der Waals surface area contributed by atoms with Crippen molar-refractivity contribution in [2.24, 2.45) is 0 Å². The zero-order chi connectivity index (χ0) is 19.1. The molecule has 7 heteroatoms. The van der Waals surface area contributed by atoms with Gasteiger partial charge in [0.2, 0.25) is 5.95 Å². The van der Waals surface area contributed by atoms with Crippen molar-refractivity contribution in [2.75, 3.05) is 36.8 Å². The van der Waals surface area contributed by atoms with Crippen LogP contribution in [-0.4, -0.2) is 41.0 Å². The number of aromatic nitrogens is 2. The van der Waals surface area contributed by atoms with Crippen molar-refractivity contribution in [2.45, 2.75) is 26.8 Å². The van der Waals surface area contributed by atoms with E-state index in [1.807, 2.05) is 12.1 Å². The molecule has 0 radical (unpaired) electrons. The highest BCUT2D eigenvalue weighted by molar-refractivity contribution is 5.90. The third kappa shape index (κ3) is 5.17. The molecule has 3 rings (SSSR count). The van der Waals surface area contributed by atoms with E-state index in [4.69, 9.17) is 4.42 Å². The third-order valence-electron chi connectivity index (χ3n) is 4.50. The second-order valence-corrected chi connectivity index (χ2v) is 6.30. The van der Waals surface area contributed by atoms with E-state index in [2.05, 4.69) is 39.3 Å². The number of furan rings is 1. The van der Waals surface area contributed by atoms with E-state index in [1.165, 1.54) is 12.1 Å². The fourth-order valence-corrected chi connectivity index (χ4v) is 2.94. The van der Waals surface area contributed by atoms with Gasteiger partial charge in [-0.3, -0.25) is 0 Å². The summed E-state index contributed by atoms with van der Waals surface area (Å²) >= 11 is 0. The maximum Gasteiger partial charge on any atom is 0.225 e. The number of hydrogen-bond acceptors (Lipinski definition) is 6. The SMILES string of the molecule is CCN(CC)CCCNc1nc(NCc2ccco2)c2cc(F)ccc2n1. The molecule has 0 amide bonds. The molecular formula is C20H26FN5O. The molecule has 2 aromatic heterocycles. The number of nitrogens with one attached hydrogen (secondary N) is 2. The van der Waals surface area contributed by atoms with Crippen LogP contribution in [0, 0.1) is 5.82 Å². The second kappa shape index (κ2) is 9.32. The van der Waals surface area contributed by atoms with Crippen LogP contribution in [0.5, 0.6) is 0 Å². The van der Waals surface area contributed by atoms with Crippen molar-refractivity contribution in [1.29, 1.82) is 0 Å². The quantitative estimate of drug-likeness (QED) is 0.523. The molecule has 2 N–H and O–H groups in total. The summed E-state index contributed by atoms with van der Waals surface area (Å²) in [6.45, 7) is 8.71. The van der Waals surface area contributed by atoms with Gasteiger partial charge >= 0.3 is 0 Å². The summed E-state index contributed by atoms with van der Waals surface area (Å²) in [6.07, 6.45) is 2.62. The summed E-state index contributed by atoms with van der Waals surface area (Å²) in [6, 6.07) is 8.24. The molecule has 0 aliphatic carbocycles. The molecular weight excluding hydrogens is 345 g/mol. The number of fused-ring (bicyclic) bond motifs is 1. The Balaban J connectivity index is 1.72. The largest absolute Gasteiger partial charge is 0.467 e. The summed E-state index contributed by atoms with van der Waals surface area (Å²) < 4.78 is 19.0. The lowest BCUT2D eigenvalue weighted by molar-refractivity contribution is 0.303. The highest BCUT2D eigenvalue weighted by Gasteiger charge is 2.10. The summed E-state index contributed by atoms with van der Waals surface area (Å²) in [4.78, 5) is 11.4. The maximum atomic E-state index is 13.7. The highest BCUT2D eigenvalue weighted by Crippen LogP contribution is 2.23. The Morgan fingerprint density at radius 1 is 1.11 bits per heavy atom. The standard InChI is InChI=1S/C20H26FN5O/c1-3-26(4-2)11-6-10-22-20-24-18-9-8-15(21)13-17(18)19(25-20)23-14-16-7-5-12-27-16/h5,7-9,12-13H,3-4,6,10-11,14H2,1-2H3,(H2,22,23,24,25). The number of nitrogens with zero attached hydrogens (tertiary/aromatic N) is 3. The maximum absolute atomic E-state index is 13.7. The van der Waals surface area contributed by atoms with E-state index in [0.29, 0.717) is 29.2 Å². The van der Waals surface area contributed by atoms with E-state index >= 15 is 0 Å². The lowest BCUT2D eigenvalue weighted by atomic mass is 10.2. The van der Waals surface area contributed by atoms with E-state index in [1.54, 1.807) is 12.3 Å². The van der Waals surface area contributed by atoms with E-state index in [0.717, 1.165) is 38.4 Å². The molecule has 27 heavy (non-hydrogen) atoms. The topological polar surface area (TPSA) is 66.2 Å². The Morgan fingerprint density at radius 3 is 2.70 bits per heavy atom. The molecule has 0 fully saturated rings. The van der Waals surface area contributed by atoms with Gasteiger partial charge in [0.05, 0.1) is 18.3 Å². The van der Waals surface area contributed by atoms with Crippen molar-refractivity contribution >= 4 is 22.7 Å². The minimum atomic E-state index is -0.313. The summed E-state index contributed by atoms with van der Waals surface area (Å²) in [5, 5.41) is 7.16. The van der Waals surface area contributed by atoms with Crippen LogP contribution in [-0.2, 0) is 6.54 Å². The van der Waals surface area contributed by atoms with Gasteiger partial charge in [0.15, 0.2) is 0 Å². The lowest BCUT2D eigenvalue weighted by Gasteiger charge is -2.18. The molecule has 6 nitrogen and oxygen atoms in total. The zero-order valence-electron chi connectivity index (χ0n) is 15.8. The Labute approximate surface area is 158 Å². The summed E-state index contributed by atoms with van der Waals surface area (Å²) in [7, 11) is 0. The lowest BCUT2D eigenvalue weighted by Crippen LogP contribution is -2.25.